The van der Waals surface area contributed by atoms with E-state index >= 15 is 0 Å². The number of aliphatic hydroxyl groups is 1. The first-order valence-electron chi connectivity index (χ1n) is 1.60. The SMILES string of the molecule is OC1CN=NS1. The Hall–Kier alpha value is -0.0900. The summed E-state index contributed by atoms with van der Waals surface area (Å²) < 4.78 is 3.46. The van der Waals surface area contributed by atoms with Gasteiger partial charge in [-0.05, 0) is 0 Å². The fourth-order valence-electron chi connectivity index (χ4n) is 0.224. The molecule has 0 radical (unpaired) electrons. The zero-order valence-electron chi connectivity index (χ0n) is 3.03. The molecule has 0 aromatic carbocycles. The van der Waals surface area contributed by atoms with Gasteiger partial charge in [0, 0.05) is 11.9 Å². The van der Waals surface area contributed by atoms with Crippen LogP contribution in [0.2, 0.25) is 0 Å². The van der Waals surface area contributed by atoms with Crippen LogP contribution in [-0.2, 0) is 0 Å². The first-order chi connectivity index (χ1) is 2.89. The van der Waals surface area contributed by atoms with Crippen molar-refractivity contribution in [3.8, 4) is 0 Å². The summed E-state index contributed by atoms with van der Waals surface area (Å²) in [6, 6.07) is 0. The van der Waals surface area contributed by atoms with Crippen molar-refractivity contribution in [2.24, 2.45) is 9.63 Å². The van der Waals surface area contributed by atoms with Gasteiger partial charge in [-0.3, -0.25) is 0 Å². The molecular formula is C2H4N2OS. The number of hydrogen-bond donors (Lipinski definition) is 1. The molecule has 1 rings (SSSR count). The molecule has 1 atom stereocenters. The van der Waals surface area contributed by atoms with Crippen molar-refractivity contribution in [2.75, 3.05) is 6.54 Å². The second-order valence-corrected chi connectivity index (χ2v) is 1.88. The fourth-order valence-corrected chi connectivity index (χ4v) is 0.600. The third kappa shape index (κ3) is 0.693. The summed E-state index contributed by atoms with van der Waals surface area (Å²) in [5.41, 5.74) is -0.370. The van der Waals surface area contributed by atoms with Crippen molar-refractivity contribution in [3.63, 3.8) is 0 Å². The van der Waals surface area contributed by atoms with Crippen molar-refractivity contribution >= 4 is 11.9 Å². The molecule has 1 N–H and O–H groups in total. The van der Waals surface area contributed by atoms with E-state index in [0.29, 0.717) is 6.54 Å². The van der Waals surface area contributed by atoms with Gasteiger partial charge in [-0.1, -0.05) is 0 Å². The predicted molar refractivity (Wildman–Crippen MR) is 23.3 cm³/mol. The normalized spacial score (nSPS) is 31.8. The molecule has 0 aromatic rings. The minimum absolute atomic E-state index is 0.370. The maximum atomic E-state index is 8.50. The van der Waals surface area contributed by atoms with E-state index in [2.05, 4.69) is 9.63 Å². The molecule has 0 saturated heterocycles. The first-order valence-corrected chi connectivity index (χ1v) is 2.44. The Labute approximate surface area is 39.6 Å². The van der Waals surface area contributed by atoms with E-state index in [1.807, 2.05) is 0 Å². The third-order valence-corrected chi connectivity index (χ3v) is 1.07. The minimum Gasteiger partial charge on any atom is -0.378 e. The van der Waals surface area contributed by atoms with Gasteiger partial charge < -0.3 is 5.11 Å². The highest BCUT2D eigenvalue weighted by atomic mass is 32.2. The predicted octanol–water partition coefficient (Wildman–Crippen LogP) is 0.419. The van der Waals surface area contributed by atoms with E-state index in [9.17, 15) is 0 Å². The lowest BCUT2D eigenvalue weighted by molar-refractivity contribution is 0.275. The first kappa shape index (κ1) is 4.08. The highest BCUT2D eigenvalue weighted by Gasteiger charge is 2.06. The standard InChI is InChI=1S/C2H4N2OS/c5-2-1-3-4-6-2/h2,5H,1H2. The van der Waals surface area contributed by atoms with E-state index in [1.54, 1.807) is 0 Å². The molecule has 0 amide bonds. The number of hydrogen-bond acceptors (Lipinski definition) is 4. The zero-order chi connectivity index (χ0) is 4.41. The fraction of sp³-hybridized carbons (Fsp3) is 1.00. The molecular weight excluding hydrogens is 100 g/mol. The van der Waals surface area contributed by atoms with Crippen molar-refractivity contribution in [1.82, 2.24) is 0 Å². The Kier molecular flexibility index (Phi) is 1.07. The van der Waals surface area contributed by atoms with Crippen LogP contribution in [0.25, 0.3) is 0 Å². The molecule has 1 heterocycles. The summed E-state index contributed by atoms with van der Waals surface area (Å²) >= 11 is 1.11. The van der Waals surface area contributed by atoms with Gasteiger partial charge in [-0.25, -0.2) is 0 Å². The number of rotatable bonds is 0. The van der Waals surface area contributed by atoms with Crippen LogP contribution in [0.1, 0.15) is 0 Å². The Morgan fingerprint density at radius 1 is 1.83 bits per heavy atom. The Morgan fingerprint density at radius 3 is 2.83 bits per heavy atom. The van der Waals surface area contributed by atoms with Crippen LogP contribution in [0.5, 0.6) is 0 Å². The second kappa shape index (κ2) is 1.57. The van der Waals surface area contributed by atoms with Crippen LogP contribution >= 0.6 is 11.9 Å². The summed E-state index contributed by atoms with van der Waals surface area (Å²) in [6.45, 7) is 0.463. The molecule has 0 saturated carbocycles. The van der Waals surface area contributed by atoms with Crippen LogP contribution < -0.4 is 0 Å². The van der Waals surface area contributed by atoms with Crippen LogP contribution in [-0.4, -0.2) is 17.1 Å². The Balaban J connectivity index is 2.32. The topological polar surface area (TPSA) is 45.0 Å². The molecule has 4 heteroatoms. The lowest BCUT2D eigenvalue weighted by Gasteiger charge is -1.86. The van der Waals surface area contributed by atoms with Gasteiger partial charge in [0.2, 0.25) is 0 Å². The lowest BCUT2D eigenvalue weighted by atomic mass is 10.7. The van der Waals surface area contributed by atoms with Crippen LogP contribution in [0.4, 0.5) is 0 Å². The average Bonchev–Trinajstić information content (AvgIpc) is 1.86. The van der Waals surface area contributed by atoms with Gasteiger partial charge in [0.25, 0.3) is 0 Å². The molecule has 3 nitrogen and oxygen atoms in total. The summed E-state index contributed by atoms with van der Waals surface area (Å²) in [5, 5.41) is 12.0. The van der Waals surface area contributed by atoms with E-state index in [4.69, 9.17) is 5.11 Å². The van der Waals surface area contributed by atoms with Gasteiger partial charge in [0.1, 0.15) is 5.44 Å². The Bertz CT molecular complexity index is 65.9. The molecule has 1 unspecified atom stereocenters. The van der Waals surface area contributed by atoms with Gasteiger partial charge >= 0.3 is 0 Å². The second-order valence-electron chi connectivity index (χ2n) is 0.966. The van der Waals surface area contributed by atoms with Crippen LogP contribution in [0.3, 0.4) is 0 Å². The maximum Gasteiger partial charge on any atom is 0.144 e. The maximum absolute atomic E-state index is 8.50. The summed E-state index contributed by atoms with van der Waals surface area (Å²) in [5.74, 6) is 0. The third-order valence-electron chi connectivity index (χ3n) is 0.464. The quantitative estimate of drug-likeness (QED) is 0.452. The highest BCUT2D eigenvalue weighted by Crippen LogP contribution is 2.16. The molecule has 0 spiro atoms. The molecule has 6 heavy (non-hydrogen) atoms. The van der Waals surface area contributed by atoms with E-state index < -0.39 is 0 Å². The average molecular weight is 104 g/mol. The molecule has 1 aliphatic heterocycles. The number of aliphatic hydroxyl groups excluding tert-OH is 1. The number of nitrogens with zero attached hydrogens (tertiary/aromatic N) is 2. The molecule has 0 bridgehead atoms. The van der Waals surface area contributed by atoms with Crippen molar-refractivity contribution in [1.29, 1.82) is 0 Å². The molecule has 0 aromatic heterocycles. The van der Waals surface area contributed by atoms with Crippen molar-refractivity contribution in [3.05, 3.63) is 0 Å². The monoisotopic (exact) mass is 104 g/mol. The van der Waals surface area contributed by atoms with Gasteiger partial charge in [-0.2, -0.15) is 5.11 Å². The minimum atomic E-state index is -0.370. The zero-order valence-corrected chi connectivity index (χ0v) is 3.85. The molecule has 1 aliphatic rings. The molecule has 0 fully saturated rings. The van der Waals surface area contributed by atoms with Crippen molar-refractivity contribution in [2.45, 2.75) is 5.44 Å². The lowest BCUT2D eigenvalue weighted by Crippen LogP contribution is -1.97. The van der Waals surface area contributed by atoms with Gasteiger partial charge in [0.15, 0.2) is 0 Å². The summed E-state index contributed by atoms with van der Waals surface area (Å²) in [7, 11) is 0. The van der Waals surface area contributed by atoms with Crippen molar-refractivity contribution < 1.29 is 5.11 Å². The summed E-state index contributed by atoms with van der Waals surface area (Å²) in [4.78, 5) is 0. The molecule has 0 aliphatic carbocycles. The largest absolute Gasteiger partial charge is 0.378 e. The molecule has 34 valence electrons. The smallest absolute Gasteiger partial charge is 0.144 e. The van der Waals surface area contributed by atoms with E-state index in [0.717, 1.165) is 11.9 Å². The van der Waals surface area contributed by atoms with E-state index in [-0.39, 0.29) is 5.44 Å². The highest BCUT2D eigenvalue weighted by molar-refractivity contribution is 7.98. The van der Waals surface area contributed by atoms with Gasteiger partial charge in [-0.15, -0.1) is 4.52 Å². The van der Waals surface area contributed by atoms with Crippen LogP contribution in [0.15, 0.2) is 9.63 Å². The Morgan fingerprint density at radius 2 is 2.67 bits per heavy atom. The van der Waals surface area contributed by atoms with Crippen LogP contribution in [0, 0.1) is 0 Å². The summed E-state index contributed by atoms with van der Waals surface area (Å²) in [6.07, 6.45) is 0. The van der Waals surface area contributed by atoms with Gasteiger partial charge in [0.05, 0.1) is 6.54 Å². The van der Waals surface area contributed by atoms with E-state index in [1.165, 1.54) is 0 Å².